The first-order valence-electron chi connectivity index (χ1n) is 6.22. The molecule has 4 nitrogen and oxygen atoms in total. The molecule has 0 bridgehead atoms. The van der Waals surface area contributed by atoms with Crippen LogP contribution in [-0.2, 0) is 11.3 Å². The number of ether oxygens (including phenoxy) is 1. The molecule has 2 N–H and O–H groups in total. The second-order valence-electron chi connectivity index (χ2n) is 4.71. The van der Waals surface area contributed by atoms with Crippen molar-refractivity contribution >= 4 is 5.97 Å². The lowest BCUT2D eigenvalue weighted by atomic mass is 10.1. The Kier molecular flexibility index (Phi) is 3.94. The van der Waals surface area contributed by atoms with Gasteiger partial charge in [-0.15, -0.1) is 0 Å². The molecule has 0 fully saturated rings. The number of rotatable bonds is 3. The first-order chi connectivity index (χ1) is 9.47. The van der Waals surface area contributed by atoms with Gasteiger partial charge in [0.15, 0.2) is 0 Å². The largest absolute Gasteiger partial charge is 0.508 e. The molecule has 0 spiro atoms. The summed E-state index contributed by atoms with van der Waals surface area (Å²) in [4.78, 5) is 11.9. The second kappa shape index (κ2) is 5.65. The number of aromatic hydroxyl groups is 2. The van der Waals surface area contributed by atoms with E-state index in [0.717, 1.165) is 22.8 Å². The van der Waals surface area contributed by atoms with Crippen molar-refractivity contribution in [2.75, 3.05) is 0 Å². The standard InChI is InChI=1S/C16H16O4/c1-10-3-4-11(2)12(7-10)9-20-16(19)14-6-5-13(17)8-15(14)18/h3-8,17-18H,9H2,1-2H3. The van der Waals surface area contributed by atoms with Gasteiger partial charge in [0.2, 0.25) is 0 Å². The van der Waals surface area contributed by atoms with Gasteiger partial charge in [0, 0.05) is 6.07 Å². The zero-order chi connectivity index (χ0) is 14.7. The number of hydrogen-bond donors (Lipinski definition) is 2. The molecule has 0 aliphatic carbocycles. The summed E-state index contributed by atoms with van der Waals surface area (Å²) in [5.41, 5.74) is 3.09. The van der Waals surface area contributed by atoms with E-state index in [1.54, 1.807) is 0 Å². The van der Waals surface area contributed by atoms with E-state index in [1.165, 1.54) is 12.1 Å². The van der Waals surface area contributed by atoms with Crippen molar-refractivity contribution in [2.24, 2.45) is 0 Å². The Bertz CT molecular complexity index is 647. The third-order valence-electron chi connectivity index (χ3n) is 3.06. The summed E-state index contributed by atoms with van der Waals surface area (Å²) in [5, 5.41) is 18.8. The van der Waals surface area contributed by atoms with E-state index in [2.05, 4.69) is 0 Å². The Hall–Kier alpha value is -2.49. The van der Waals surface area contributed by atoms with Crippen molar-refractivity contribution in [3.63, 3.8) is 0 Å². The van der Waals surface area contributed by atoms with Crippen LogP contribution in [0, 0.1) is 13.8 Å². The predicted molar refractivity (Wildman–Crippen MR) is 74.8 cm³/mol. The van der Waals surface area contributed by atoms with Crippen LogP contribution in [0.5, 0.6) is 11.5 Å². The van der Waals surface area contributed by atoms with Gasteiger partial charge in [-0.05, 0) is 37.1 Å². The Balaban J connectivity index is 2.10. The van der Waals surface area contributed by atoms with Crippen molar-refractivity contribution in [2.45, 2.75) is 20.5 Å². The number of carbonyl (C=O) groups excluding carboxylic acids is 1. The van der Waals surface area contributed by atoms with Crippen molar-refractivity contribution in [1.29, 1.82) is 0 Å². The van der Waals surface area contributed by atoms with Crippen LogP contribution in [0.25, 0.3) is 0 Å². The molecule has 104 valence electrons. The number of esters is 1. The molecule has 0 radical (unpaired) electrons. The normalized spacial score (nSPS) is 10.3. The SMILES string of the molecule is Cc1ccc(C)c(COC(=O)c2ccc(O)cc2O)c1. The zero-order valence-corrected chi connectivity index (χ0v) is 11.4. The van der Waals surface area contributed by atoms with E-state index < -0.39 is 5.97 Å². The molecule has 0 amide bonds. The molecular formula is C16H16O4. The highest BCUT2D eigenvalue weighted by Gasteiger charge is 2.13. The summed E-state index contributed by atoms with van der Waals surface area (Å²) in [7, 11) is 0. The number of aryl methyl sites for hydroxylation is 2. The van der Waals surface area contributed by atoms with Gasteiger partial charge in [-0.25, -0.2) is 4.79 Å². The van der Waals surface area contributed by atoms with E-state index in [9.17, 15) is 15.0 Å². The molecule has 0 saturated heterocycles. The monoisotopic (exact) mass is 272 g/mol. The lowest BCUT2D eigenvalue weighted by Crippen LogP contribution is -2.06. The highest BCUT2D eigenvalue weighted by atomic mass is 16.5. The van der Waals surface area contributed by atoms with Gasteiger partial charge in [0.25, 0.3) is 0 Å². The van der Waals surface area contributed by atoms with Crippen molar-refractivity contribution in [3.8, 4) is 11.5 Å². The average Bonchev–Trinajstić information content (AvgIpc) is 2.39. The summed E-state index contributed by atoms with van der Waals surface area (Å²) in [6.45, 7) is 4.06. The maximum absolute atomic E-state index is 11.9. The Morgan fingerprint density at radius 3 is 2.55 bits per heavy atom. The number of phenolic OH excluding ortho intramolecular Hbond substituents is 2. The number of hydrogen-bond acceptors (Lipinski definition) is 4. The number of phenols is 2. The van der Waals surface area contributed by atoms with Crippen LogP contribution in [0.1, 0.15) is 27.0 Å². The fourth-order valence-electron chi connectivity index (χ4n) is 1.87. The Morgan fingerprint density at radius 1 is 1.10 bits per heavy atom. The minimum atomic E-state index is -0.622. The third-order valence-corrected chi connectivity index (χ3v) is 3.06. The van der Waals surface area contributed by atoms with Crippen molar-refractivity contribution in [1.82, 2.24) is 0 Å². The van der Waals surface area contributed by atoms with Crippen LogP contribution < -0.4 is 0 Å². The predicted octanol–water partition coefficient (Wildman–Crippen LogP) is 3.07. The molecule has 2 aromatic carbocycles. The molecule has 0 aromatic heterocycles. The van der Waals surface area contributed by atoms with Gasteiger partial charge < -0.3 is 14.9 Å². The summed E-state index contributed by atoms with van der Waals surface area (Å²) in [5.74, 6) is -1.02. The van der Waals surface area contributed by atoms with Crippen LogP contribution in [0.15, 0.2) is 36.4 Å². The van der Waals surface area contributed by atoms with Crippen LogP contribution in [0.3, 0.4) is 0 Å². The van der Waals surface area contributed by atoms with E-state index in [1.807, 2.05) is 32.0 Å². The van der Waals surface area contributed by atoms with Gasteiger partial charge in [0.1, 0.15) is 23.7 Å². The molecule has 0 aliphatic rings. The summed E-state index contributed by atoms with van der Waals surface area (Å²) >= 11 is 0. The first-order valence-corrected chi connectivity index (χ1v) is 6.22. The third kappa shape index (κ3) is 3.09. The summed E-state index contributed by atoms with van der Waals surface area (Å²) in [6.07, 6.45) is 0. The maximum Gasteiger partial charge on any atom is 0.342 e. The molecule has 0 aliphatic heterocycles. The van der Waals surface area contributed by atoms with Crippen LogP contribution in [0.4, 0.5) is 0 Å². The number of carbonyl (C=O) groups is 1. The molecule has 0 heterocycles. The van der Waals surface area contributed by atoms with Crippen LogP contribution in [-0.4, -0.2) is 16.2 Å². The fourth-order valence-corrected chi connectivity index (χ4v) is 1.87. The Labute approximate surface area is 117 Å². The topological polar surface area (TPSA) is 66.8 Å². The molecule has 0 saturated carbocycles. The second-order valence-corrected chi connectivity index (χ2v) is 4.71. The van der Waals surface area contributed by atoms with Gasteiger partial charge in [-0.3, -0.25) is 0 Å². The first kappa shape index (κ1) is 13.9. The minimum absolute atomic E-state index is 0.0353. The lowest BCUT2D eigenvalue weighted by molar-refractivity contribution is 0.0468. The molecule has 2 rings (SSSR count). The zero-order valence-electron chi connectivity index (χ0n) is 11.4. The number of benzene rings is 2. The molecular weight excluding hydrogens is 256 g/mol. The van der Waals surface area contributed by atoms with E-state index >= 15 is 0 Å². The highest BCUT2D eigenvalue weighted by Crippen LogP contribution is 2.23. The Morgan fingerprint density at radius 2 is 1.85 bits per heavy atom. The summed E-state index contributed by atoms with van der Waals surface area (Å²) < 4.78 is 5.19. The fraction of sp³-hybridized carbons (Fsp3) is 0.188. The van der Waals surface area contributed by atoms with Crippen LogP contribution >= 0.6 is 0 Å². The van der Waals surface area contributed by atoms with Gasteiger partial charge in [0.05, 0.1) is 0 Å². The maximum atomic E-state index is 11.9. The molecule has 20 heavy (non-hydrogen) atoms. The van der Waals surface area contributed by atoms with Gasteiger partial charge >= 0.3 is 5.97 Å². The van der Waals surface area contributed by atoms with Crippen LogP contribution in [0.2, 0.25) is 0 Å². The minimum Gasteiger partial charge on any atom is -0.508 e. The highest BCUT2D eigenvalue weighted by molar-refractivity contribution is 5.92. The molecule has 2 aromatic rings. The van der Waals surface area contributed by atoms with Crippen molar-refractivity contribution in [3.05, 3.63) is 58.7 Å². The quantitative estimate of drug-likeness (QED) is 0.843. The average molecular weight is 272 g/mol. The molecule has 0 atom stereocenters. The smallest absolute Gasteiger partial charge is 0.342 e. The molecule has 4 heteroatoms. The lowest BCUT2D eigenvalue weighted by Gasteiger charge is -2.09. The van der Waals surface area contributed by atoms with Crippen molar-refractivity contribution < 1.29 is 19.7 Å². The summed E-state index contributed by atoms with van der Waals surface area (Å²) in [6, 6.07) is 9.68. The van der Waals surface area contributed by atoms with E-state index in [-0.39, 0.29) is 23.7 Å². The molecule has 0 unspecified atom stereocenters. The van der Waals surface area contributed by atoms with E-state index in [4.69, 9.17) is 4.74 Å². The van der Waals surface area contributed by atoms with Gasteiger partial charge in [-0.2, -0.15) is 0 Å². The van der Waals surface area contributed by atoms with E-state index in [0.29, 0.717) is 0 Å². The van der Waals surface area contributed by atoms with Gasteiger partial charge in [-0.1, -0.05) is 23.8 Å².